The Bertz CT molecular complexity index is 1140. The van der Waals surface area contributed by atoms with Crippen molar-refractivity contribution in [1.29, 1.82) is 0 Å². The molecule has 1 saturated carbocycles. The number of benzene rings is 3. The highest BCUT2D eigenvalue weighted by Gasteiger charge is 2.27. The van der Waals surface area contributed by atoms with Gasteiger partial charge in [-0.15, -0.1) is 0 Å². The van der Waals surface area contributed by atoms with E-state index >= 15 is 0 Å². The van der Waals surface area contributed by atoms with E-state index in [4.69, 9.17) is 4.74 Å². The van der Waals surface area contributed by atoms with Gasteiger partial charge in [-0.2, -0.15) is 0 Å². The minimum atomic E-state index is -3.47. The molecule has 160 valence electrons. The first-order valence-electron chi connectivity index (χ1n) is 10.2. The molecule has 0 spiro atoms. The summed E-state index contributed by atoms with van der Waals surface area (Å²) in [5, 5.41) is 2.89. The van der Waals surface area contributed by atoms with Gasteiger partial charge in [-0.05, 0) is 48.7 Å². The zero-order chi connectivity index (χ0) is 21.7. The lowest BCUT2D eigenvalue weighted by atomic mass is 10.1. The molecule has 0 saturated heterocycles. The van der Waals surface area contributed by atoms with Gasteiger partial charge >= 0.3 is 0 Å². The van der Waals surface area contributed by atoms with Crippen molar-refractivity contribution >= 4 is 15.9 Å². The molecule has 1 fully saturated rings. The van der Waals surface area contributed by atoms with Crippen molar-refractivity contribution in [1.82, 2.24) is 10.0 Å². The Morgan fingerprint density at radius 3 is 2.29 bits per heavy atom. The molecule has 0 aliphatic heterocycles. The zero-order valence-electron chi connectivity index (χ0n) is 17.0. The van der Waals surface area contributed by atoms with E-state index in [2.05, 4.69) is 10.0 Å². The molecule has 0 aromatic heterocycles. The van der Waals surface area contributed by atoms with Gasteiger partial charge in [0.2, 0.25) is 10.0 Å². The van der Waals surface area contributed by atoms with E-state index in [0.717, 1.165) is 29.7 Å². The average Bonchev–Trinajstić information content (AvgIpc) is 3.60. The molecule has 2 N–H and O–H groups in total. The van der Waals surface area contributed by atoms with Crippen LogP contribution in [0.1, 0.15) is 34.3 Å². The van der Waals surface area contributed by atoms with Gasteiger partial charge in [0, 0.05) is 23.7 Å². The Labute approximate surface area is 182 Å². The number of carbonyl (C=O) groups is 1. The predicted octanol–water partition coefficient (Wildman–Crippen LogP) is 3.64. The molecule has 31 heavy (non-hydrogen) atoms. The summed E-state index contributed by atoms with van der Waals surface area (Å²) in [4.78, 5) is 13.0. The van der Waals surface area contributed by atoms with Crippen LogP contribution in [0.4, 0.5) is 0 Å². The van der Waals surface area contributed by atoms with E-state index in [9.17, 15) is 13.2 Å². The molecule has 3 aromatic carbocycles. The second-order valence-corrected chi connectivity index (χ2v) is 9.20. The second-order valence-electron chi connectivity index (χ2n) is 7.48. The van der Waals surface area contributed by atoms with Crippen LogP contribution >= 0.6 is 0 Å². The molecule has 4 rings (SSSR count). The highest BCUT2D eigenvalue weighted by Crippen LogP contribution is 2.22. The molecule has 1 amide bonds. The van der Waals surface area contributed by atoms with Crippen LogP contribution in [0, 0.1) is 0 Å². The fourth-order valence-electron chi connectivity index (χ4n) is 3.10. The van der Waals surface area contributed by atoms with Crippen molar-refractivity contribution < 1.29 is 17.9 Å². The molecule has 0 atom stereocenters. The Morgan fingerprint density at radius 2 is 1.58 bits per heavy atom. The number of carbonyl (C=O) groups excluding carboxylic acids is 1. The van der Waals surface area contributed by atoms with Crippen LogP contribution in [0.25, 0.3) is 0 Å². The first-order chi connectivity index (χ1) is 15.0. The predicted molar refractivity (Wildman–Crippen MR) is 118 cm³/mol. The molecule has 1 aliphatic rings. The van der Waals surface area contributed by atoms with Crippen molar-refractivity contribution in [2.75, 3.05) is 0 Å². The zero-order valence-corrected chi connectivity index (χ0v) is 17.8. The maximum Gasteiger partial charge on any atom is 0.251 e. The summed E-state index contributed by atoms with van der Waals surface area (Å²) in [6.07, 6.45) is 1.78. The van der Waals surface area contributed by atoms with Gasteiger partial charge in [0.05, 0.1) is 4.90 Å². The summed E-state index contributed by atoms with van der Waals surface area (Å²) < 4.78 is 32.9. The molecule has 0 bridgehead atoms. The third kappa shape index (κ3) is 5.71. The largest absolute Gasteiger partial charge is 0.489 e. The number of amides is 1. The average molecular weight is 437 g/mol. The summed E-state index contributed by atoms with van der Waals surface area (Å²) in [7, 11) is -3.47. The summed E-state index contributed by atoms with van der Waals surface area (Å²) in [6, 6.07) is 23.4. The molecule has 0 radical (unpaired) electrons. The maximum atomic E-state index is 12.7. The Morgan fingerprint density at radius 1 is 0.903 bits per heavy atom. The van der Waals surface area contributed by atoms with Crippen LogP contribution in [-0.2, 0) is 23.2 Å². The number of ether oxygens (including phenoxy) is 1. The van der Waals surface area contributed by atoms with Crippen LogP contribution in [0.2, 0.25) is 0 Å². The van der Waals surface area contributed by atoms with Crippen LogP contribution in [-0.4, -0.2) is 20.4 Å². The molecule has 1 aliphatic carbocycles. The van der Waals surface area contributed by atoms with Gasteiger partial charge < -0.3 is 10.1 Å². The highest BCUT2D eigenvalue weighted by atomic mass is 32.2. The molecule has 6 nitrogen and oxygen atoms in total. The third-order valence-corrected chi connectivity index (χ3v) is 6.52. The number of nitrogens with one attached hydrogen (secondary N) is 2. The van der Waals surface area contributed by atoms with E-state index in [1.165, 1.54) is 0 Å². The van der Waals surface area contributed by atoms with Gasteiger partial charge in [-0.1, -0.05) is 48.5 Å². The van der Waals surface area contributed by atoms with Crippen LogP contribution in [0.15, 0.2) is 83.8 Å². The van der Waals surface area contributed by atoms with Gasteiger partial charge in [-0.3, -0.25) is 4.79 Å². The Kier molecular flexibility index (Phi) is 6.34. The normalized spacial score (nSPS) is 13.5. The summed E-state index contributed by atoms with van der Waals surface area (Å²) >= 11 is 0. The van der Waals surface area contributed by atoms with Crippen LogP contribution in [0.3, 0.4) is 0 Å². The number of hydrogen-bond donors (Lipinski definition) is 2. The number of rotatable bonds is 9. The van der Waals surface area contributed by atoms with Gasteiger partial charge in [0.15, 0.2) is 0 Å². The lowest BCUT2D eigenvalue weighted by molar-refractivity contribution is 0.0948. The lowest BCUT2D eigenvalue weighted by Gasteiger charge is -2.12. The molecule has 0 unspecified atom stereocenters. The summed E-state index contributed by atoms with van der Waals surface area (Å²) in [5.41, 5.74) is 2.15. The minimum Gasteiger partial charge on any atom is -0.489 e. The second kappa shape index (κ2) is 9.32. The van der Waals surface area contributed by atoms with Crippen molar-refractivity contribution in [3.8, 4) is 5.75 Å². The van der Waals surface area contributed by atoms with E-state index < -0.39 is 10.0 Å². The van der Waals surface area contributed by atoms with Gasteiger partial charge in [-0.25, -0.2) is 13.1 Å². The lowest BCUT2D eigenvalue weighted by Crippen LogP contribution is -2.26. The van der Waals surface area contributed by atoms with Gasteiger partial charge in [0.25, 0.3) is 5.91 Å². The van der Waals surface area contributed by atoms with E-state index in [0.29, 0.717) is 12.1 Å². The van der Waals surface area contributed by atoms with Crippen molar-refractivity contribution in [3.63, 3.8) is 0 Å². The van der Waals surface area contributed by atoms with Crippen LogP contribution < -0.4 is 14.8 Å². The third-order valence-electron chi connectivity index (χ3n) is 4.99. The monoisotopic (exact) mass is 436 g/mol. The Balaban J connectivity index is 1.36. The first kappa shape index (κ1) is 21.1. The van der Waals surface area contributed by atoms with E-state index in [1.54, 1.807) is 30.3 Å². The van der Waals surface area contributed by atoms with Gasteiger partial charge in [0.1, 0.15) is 12.4 Å². The van der Waals surface area contributed by atoms with E-state index in [-0.39, 0.29) is 23.5 Å². The van der Waals surface area contributed by atoms with Crippen molar-refractivity contribution in [2.24, 2.45) is 0 Å². The van der Waals surface area contributed by atoms with Crippen LogP contribution in [0.5, 0.6) is 5.75 Å². The fraction of sp³-hybridized carbons (Fsp3) is 0.208. The quantitative estimate of drug-likeness (QED) is 0.536. The molecule has 0 heterocycles. The molecular formula is C24H24N2O4S. The Hall–Kier alpha value is -3.16. The minimum absolute atomic E-state index is 0.0647. The number of hydrogen-bond acceptors (Lipinski definition) is 4. The van der Waals surface area contributed by atoms with Crippen molar-refractivity contribution in [2.45, 2.75) is 36.9 Å². The molecular weight excluding hydrogens is 412 g/mol. The highest BCUT2D eigenvalue weighted by molar-refractivity contribution is 7.89. The maximum absolute atomic E-state index is 12.7. The molecule has 3 aromatic rings. The topological polar surface area (TPSA) is 84.5 Å². The standard InChI is InChI=1S/C24H24N2O4S/c27-24(23-9-5-4-6-19(23)17-30-21-7-2-1-3-8-21)25-16-18-10-14-22(15-11-18)31(28,29)26-20-12-13-20/h1-11,14-15,20,26H,12-13,16-17H2,(H,25,27). The van der Waals surface area contributed by atoms with E-state index in [1.807, 2.05) is 48.5 Å². The number of sulfonamides is 1. The van der Waals surface area contributed by atoms with Crippen molar-refractivity contribution in [3.05, 3.63) is 95.6 Å². The summed E-state index contributed by atoms with van der Waals surface area (Å²) in [5.74, 6) is 0.531. The fourth-order valence-corrected chi connectivity index (χ4v) is 4.40. The first-order valence-corrected chi connectivity index (χ1v) is 11.6. The molecule has 7 heteroatoms. The summed E-state index contributed by atoms with van der Waals surface area (Å²) in [6.45, 7) is 0.581. The number of para-hydroxylation sites is 1. The SMILES string of the molecule is O=C(NCc1ccc(S(=O)(=O)NC2CC2)cc1)c1ccccc1COc1ccccc1. The smallest absolute Gasteiger partial charge is 0.251 e.